The van der Waals surface area contributed by atoms with E-state index in [-0.39, 0.29) is 5.60 Å². The summed E-state index contributed by atoms with van der Waals surface area (Å²) in [6, 6.07) is 0. The lowest BCUT2D eigenvalue weighted by molar-refractivity contribution is -0.0861. The molecule has 1 saturated carbocycles. The second-order valence-corrected chi connectivity index (χ2v) is 5.09. The van der Waals surface area contributed by atoms with E-state index in [9.17, 15) is 0 Å². The van der Waals surface area contributed by atoms with Crippen molar-refractivity contribution in [1.82, 2.24) is 0 Å². The van der Waals surface area contributed by atoms with Crippen molar-refractivity contribution < 1.29 is 4.74 Å². The Hall–Kier alpha value is -0.0800. The minimum atomic E-state index is -0.00685. The molecule has 0 aliphatic heterocycles. The molecule has 0 bridgehead atoms. The van der Waals surface area contributed by atoms with Crippen LogP contribution in [0, 0.1) is 11.8 Å². The summed E-state index contributed by atoms with van der Waals surface area (Å²) in [7, 11) is 0. The number of nitrogens with two attached hydrogens (primary N) is 1. The monoisotopic (exact) mass is 199 g/mol. The van der Waals surface area contributed by atoms with E-state index >= 15 is 0 Å². The fourth-order valence-corrected chi connectivity index (χ4v) is 2.87. The Morgan fingerprint density at radius 2 is 1.86 bits per heavy atom. The molecular weight excluding hydrogens is 174 g/mol. The minimum Gasteiger partial charge on any atom is -0.374 e. The van der Waals surface area contributed by atoms with Crippen molar-refractivity contribution in [2.45, 2.75) is 52.1 Å². The number of hydrogen-bond acceptors (Lipinski definition) is 2. The summed E-state index contributed by atoms with van der Waals surface area (Å²) >= 11 is 0. The average molecular weight is 199 g/mol. The summed E-state index contributed by atoms with van der Waals surface area (Å²) in [5.74, 6) is 1.53. The summed E-state index contributed by atoms with van der Waals surface area (Å²) in [5.41, 5.74) is 5.87. The van der Waals surface area contributed by atoms with Gasteiger partial charge in [-0.15, -0.1) is 0 Å². The molecule has 1 fully saturated rings. The zero-order valence-corrected chi connectivity index (χ0v) is 9.88. The molecule has 14 heavy (non-hydrogen) atoms. The first kappa shape index (κ1) is 12.0. The van der Waals surface area contributed by atoms with Gasteiger partial charge in [-0.2, -0.15) is 0 Å². The summed E-state index contributed by atoms with van der Waals surface area (Å²) in [6.45, 7) is 8.32. The minimum absolute atomic E-state index is 0.00685. The number of ether oxygens (including phenoxy) is 1. The SMILES string of the molecule is CCCOC1(CN)CC(C)CC(C)C1. The van der Waals surface area contributed by atoms with E-state index in [1.807, 2.05) is 0 Å². The number of rotatable bonds is 4. The van der Waals surface area contributed by atoms with Crippen molar-refractivity contribution in [1.29, 1.82) is 0 Å². The van der Waals surface area contributed by atoms with Gasteiger partial charge in [-0.3, -0.25) is 0 Å². The van der Waals surface area contributed by atoms with Crippen LogP contribution in [0.3, 0.4) is 0 Å². The van der Waals surface area contributed by atoms with Crippen LogP contribution in [0.4, 0.5) is 0 Å². The molecule has 0 aromatic heterocycles. The van der Waals surface area contributed by atoms with Crippen LogP contribution in [0.2, 0.25) is 0 Å². The Kier molecular flexibility index (Phi) is 4.39. The van der Waals surface area contributed by atoms with E-state index in [0.717, 1.165) is 37.7 Å². The van der Waals surface area contributed by atoms with Crippen molar-refractivity contribution in [3.8, 4) is 0 Å². The Balaban J connectivity index is 2.57. The third-order valence-electron chi connectivity index (χ3n) is 3.23. The van der Waals surface area contributed by atoms with Gasteiger partial charge in [0, 0.05) is 13.2 Å². The highest BCUT2D eigenvalue weighted by Gasteiger charge is 2.37. The maximum atomic E-state index is 5.98. The highest BCUT2D eigenvalue weighted by atomic mass is 16.5. The highest BCUT2D eigenvalue weighted by Crippen LogP contribution is 2.37. The zero-order chi connectivity index (χ0) is 10.6. The van der Waals surface area contributed by atoms with E-state index < -0.39 is 0 Å². The maximum Gasteiger partial charge on any atom is 0.0809 e. The van der Waals surface area contributed by atoms with E-state index in [2.05, 4.69) is 20.8 Å². The van der Waals surface area contributed by atoms with Crippen LogP contribution < -0.4 is 5.73 Å². The van der Waals surface area contributed by atoms with Gasteiger partial charge in [0.15, 0.2) is 0 Å². The maximum absolute atomic E-state index is 5.98. The lowest BCUT2D eigenvalue weighted by atomic mass is 9.73. The first-order valence-electron chi connectivity index (χ1n) is 5.96. The molecular formula is C12H25NO. The third-order valence-corrected chi connectivity index (χ3v) is 3.23. The van der Waals surface area contributed by atoms with Gasteiger partial charge in [0.2, 0.25) is 0 Å². The van der Waals surface area contributed by atoms with Gasteiger partial charge in [-0.1, -0.05) is 20.8 Å². The highest BCUT2D eigenvalue weighted by molar-refractivity contribution is 4.90. The second-order valence-electron chi connectivity index (χ2n) is 5.09. The molecule has 2 unspecified atom stereocenters. The Morgan fingerprint density at radius 1 is 1.29 bits per heavy atom. The molecule has 0 saturated heterocycles. The van der Waals surface area contributed by atoms with Crippen molar-refractivity contribution in [2.75, 3.05) is 13.2 Å². The van der Waals surface area contributed by atoms with Crippen LogP contribution in [0.25, 0.3) is 0 Å². The molecule has 0 aromatic rings. The predicted octanol–water partition coefficient (Wildman–Crippen LogP) is 2.57. The van der Waals surface area contributed by atoms with Gasteiger partial charge >= 0.3 is 0 Å². The largest absolute Gasteiger partial charge is 0.374 e. The van der Waals surface area contributed by atoms with Crippen LogP contribution >= 0.6 is 0 Å². The average Bonchev–Trinajstić information content (AvgIpc) is 2.13. The molecule has 1 aliphatic carbocycles. The van der Waals surface area contributed by atoms with Crippen molar-refractivity contribution >= 4 is 0 Å². The lowest BCUT2D eigenvalue weighted by Gasteiger charge is -2.42. The fourth-order valence-electron chi connectivity index (χ4n) is 2.87. The van der Waals surface area contributed by atoms with E-state index in [1.54, 1.807) is 0 Å². The number of hydrogen-bond donors (Lipinski definition) is 1. The summed E-state index contributed by atoms with van der Waals surface area (Å²) in [6.07, 6.45) is 4.71. The lowest BCUT2D eigenvalue weighted by Crippen LogP contribution is -2.46. The fraction of sp³-hybridized carbons (Fsp3) is 1.00. The first-order valence-corrected chi connectivity index (χ1v) is 5.96. The van der Waals surface area contributed by atoms with Crippen LogP contribution in [-0.4, -0.2) is 18.8 Å². The second kappa shape index (κ2) is 5.13. The van der Waals surface area contributed by atoms with Gasteiger partial charge in [-0.05, 0) is 37.5 Å². The predicted molar refractivity (Wildman–Crippen MR) is 60.2 cm³/mol. The molecule has 1 aliphatic rings. The van der Waals surface area contributed by atoms with E-state index in [4.69, 9.17) is 10.5 Å². The van der Waals surface area contributed by atoms with Gasteiger partial charge in [-0.25, -0.2) is 0 Å². The molecule has 84 valence electrons. The van der Waals surface area contributed by atoms with Gasteiger partial charge in [0.05, 0.1) is 5.60 Å². The standard InChI is InChI=1S/C12H25NO/c1-4-5-14-12(9-13)7-10(2)6-11(3)8-12/h10-11H,4-9,13H2,1-3H3. The van der Waals surface area contributed by atoms with Crippen molar-refractivity contribution in [2.24, 2.45) is 17.6 Å². The van der Waals surface area contributed by atoms with Crippen LogP contribution in [0.5, 0.6) is 0 Å². The van der Waals surface area contributed by atoms with Crippen LogP contribution in [-0.2, 0) is 4.74 Å². The zero-order valence-electron chi connectivity index (χ0n) is 9.88. The molecule has 0 radical (unpaired) electrons. The summed E-state index contributed by atoms with van der Waals surface area (Å²) in [5, 5.41) is 0. The van der Waals surface area contributed by atoms with Gasteiger partial charge in [0.1, 0.15) is 0 Å². The Morgan fingerprint density at radius 3 is 2.29 bits per heavy atom. The molecule has 2 heteroatoms. The topological polar surface area (TPSA) is 35.2 Å². The third kappa shape index (κ3) is 2.96. The molecule has 0 amide bonds. The van der Waals surface area contributed by atoms with Crippen molar-refractivity contribution in [3.63, 3.8) is 0 Å². The molecule has 0 aromatic carbocycles. The van der Waals surface area contributed by atoms with E-state index in [1.165, 1.54) is 6.42 Å². The molecule has 0 heterocycles. The van der Waals surface area contributed by atoms with Gasteiger partial charge < -0.3 is 10.5 Å². The summed E-state index contributed by atoms with van der Waals surface area (Å²) in [4.78, 5) is 0. The van der Waals surface area contributed by atoms with Crippen LogP contribution in [0.15, 0.2) is 0 Å². The summed E-state index contributed by atoms with van der Waals surface area (Å²) < 4.78 is 5.98. The molecule has 2 atom stereocenters. The smallest absolute Gasteiger partial charge is 0.0809 e. The normalized spacial score (nSPS) is 38.6. The Bertz CT molecular complexity index is 160. The quantitative estimate of drug-likeness (QED) is 0.755. The molecule has 2 nitrogen and oxygen atoms in total. The van der Waals surface area contributed by atoms with Crippen LogP contribution in [0.1, 0.15) is 46.5 Å². The molecule has 1 rings (SSSR count). The van der Waals surface area contributed by atoms with E-state index in [0.29, 0.717) is 6.54 Å². The first-order chi connectivity index (χ1) is 6.62. The molecule has 2 N–H and O–H groups in total. The molecule has 0 spiro atoms. The van der Waals surface area contributed by atoms with Gasteiger partial charge in [0.25, 0.3) is 0 Å². The Labute approximate surface area is 88.2 Å². The van der Waals surface area contributed by atoms with Crippen molar-refractivity contribution in [3.05, 3.63) is 0 Å².